The molecule has 22 heavy (non-hydrogen) atoms. The summed E-state index contributed by atoms with van der Waals surface area (Å²) in [5.41, 5.74) is 0.787. The van der Waals surface area contributed by atoms with Crippen LogP contribution in [0.25, 0.3) is 0 Å². The van der Waals surface area contributed by atoms with Gasteiger partial charge in [-0.2, -0.15) is 0 Å². The lowest BCUT2D eigenvalue weighted by atomic mass is 10.1. The maximum Gasteiger partial charge on any atom is 0.272 e. The molecule has 0 saturated carbocycles. The number of aromatic nitrogens is 1. The summed E-state index contributed by atoms with van der Waals surface area (Å²) in [5, 5.41) is 0. The SMILES string of the molecule is O=C(c1cccc(C(=O)N2CCCCC2)n1)N1CCCCC1. The van der Waals surface area contributed by atoms with Crippen LogP contribution < -0.4 is 0 Å². The molecule has 5 nitrogen and oxygen atoms in total. The number of amides is 2. The highest BCUT2D eigenvalue weighted by Crippen LogP contribution is 2.15. The Kier molecular flexibility index (Phi) is 4.71. The minimum atomic E-state index is -0.0482. The van der Waals surface area contributed by atoms with Crippen molar-refractivity contribution in [3.8, 4) is 0 Å². The van der Waals surface area contributed by atoms with E-state index in [2.05, 4.69) is 4.98 Å². The molecule has 0 bridgehead atoms. The molecule has 3 heterocycles. The summed E-state index contributed by atoms with van der Waals surface area (Å²) in [5.74, 6) is -0.0963. The summed E-state index contributed by atoms with van der Waals surface area (Å²) in [6.45, 7) is 3.19. The Hall–Kier alpha value is -1.91. The molecule has 2 fully saturated rings. The number of carbonyl (C=O) groups excluding carboxylic acids is 2. The number of pyridine rings is 1. The first-order valence-electron chi connectivity index (χ1n) is 8.31. The summed E-state index contributed by atoms with van der Waals surface area (Å²) >= 11 is 0. The van der Waals surface area contributed by atoms with Crippen LogP contribution in [0.1, 0.15) is 59.5 Å². The van der Waals surface area contributed by atoms with Gasteiger partial charge in [-0.05, 0) is 50.7 Å². The van der Waals surface area contributed by atoms with E-state index >= 15 is 0 Å². The highest BCUT2D eigenvalue weighted by atomic mass is 16.2. The lowest BCUT2D eigenvalue weighted by Crippen LogP contribution is -2.38. The fraction of sp³-hybridized carbons (Fsp3) is 0.588. The number of likely N-dealkylation sites (tertiary alicyclic amines) is 2. The van der Waals surface area contributed by atoms with E-state index in [-0.39, 0.29) is 11.8 Å². The van der Waals surface area contributed by atoms with Gasteiger partial charge in [-0.15, -0.1) is 0 Å². The molecular weight excluding hydrogens is 278 g/mol. The van der Waals surface area contributed by atoms with Crippen LogP contribution in [-0.4, -0.2) is 52.8 Å². The van der Waals surface area contributed by atoms with Crippen molar-refractivity contribution < 1.29 is 9.59 Å². The van der Waals surface area contributed by atoms with Crippen LogP contribution in [0.5, 0.6) is 0 Å². The van der Waals surface area contributed by atoms with Crippen LogP contribution in [0, 0.1) is 0 Å². The van der Waals surface area contributed by atoms with Gasteiger partial charge in [0.15, 0.2) is 0 Å². The second-order valence-electron chi connectivity index (χ2n) is 6.11. The molecule has 0 aromatic carbocycles. The molecule has 0 radical (unpaired) electrons. The van der Waals surface area contributed by atoms with Gasteiger partial charge >= 0.3 is 0 Å². The first-order chi connectivity index (χ1) is 10.8. The van der Waals surface area contributed by atoms with E-state index in [9.17, 15) is 9.59 Å². The lowest BCUT2D eigenvalue weighted by Gasteiger charge is -2.27. The largest absolute Gasteiger partial charge is 0.337 e. The predicted molar refractivity (Wildman–Crippen MR) is 83.7 cm³/mol. The van der Waals surface area contributed by atoms with E-state index < -0.39 is 0 Å². The second kappa shape index (κ2) is 6.90. The normalized spacial score (nSPS) is 19.1. The number of piperidine rings is 2. The summed E-state index contributed by atoms with van der Waals surface area (Å²) in [6, 6.07) is 5.19. The first-order valence-corrected chi connectivity index (χ1v) is 8.31. The Morgan fingerprint density at radius 3 is 1.55 bits per heavy atom. The molecule has 0 spiro atoms. The maximum atomic E-state index is 12.5. The van der Waals surface area contributed by atoms with Crippen molar-refractivity contribution >= 4 is 11.8 Å². The molecule has 2 aliphatic rings. The third-order valence-corrected chi connectivity index (χ3v) is 4.47. The van der Waals surface area contributed by atoms with Crippen molar-refractivity contribution in [3.05, 3.63) is 29.6 Å². The fourth-order valence-electron chi connectivity index (χ4n) is 3.19. The zero-order valence-electron chi connectivity index (χ0n) is 13.0. The van der Waals surface area contributed by atoms with Crippen molar-refractivity contribution in [1.82, 2.24) is 14.8 Å². The van der Waals surface area contributed by atoms with E-state index in [4.69, 9.17) is 0 Å². The first kappa shape index (κ1) is 15.0. The highest BCUT2D eigenvalue weighted by molar-refractivity contribution is 5.96. The molecular formula is C17H23N3O2. The van der Waals surface area contributed by atoms with Gasteiger partial charge in [-0.25, -0.2) is 4.98 Å². The number of hydrogen-bond donors (Lipinski definition) is 0. The summed E-state index contributed by atoms with van der Waals surface area (Å²) in [4.78, 5) is 33.0. The van der Waals surface area contributed by atoms with Crippen molar-refractivity contribution in [2.24, 2.45) is 0 Å². The molecule has 3 rings (SSSR count). The van der Waals surface area contributed by atoms with Crippen LogP contribution in [0.2, 0.25) is 0 Å². The maximum absolute atomic E-state index is 12.5. The van der Waals surface area contributed by atoms with Gasteiger partial charge in [0, 0.05) is 26.2 Å². The predicted octanol–water partition coefficient (Wildman–Crippen LogP) is 2.33. The number of rotatable bonds is 2. The Bertz CT molecular complexity index is 501. The van der Waals surface area contributed by atoms with Crippen LogP contribution in [0.3, 0.4) is 0 Å². The smallest absolute Gasteiger partial charge is 0.272 e. The number of carbonyl (C=O) groups is 2. The average molecular weight is 301 g/mol. The van der Waals surface area contributed by atoms with Gasteiger partial charge in [0.25, 0.3) is 11.8 Å². The molecule has 2 amide bonds. The quantitative estimate of drug-likeness (QED) is 0.842. The van der Waals surface area contributed by atoms with Gasteiger partial charge in [0.05, 0.1) is 0 Å². The van der Waals surface area contributed by atoms with Crippen LogP contribution in [0.4, 0.5) is 0 Å². The molecule has 2 saturated heterocycles. The van der Waals surface area contributed by atoms with E-state index in [0.29, 0.717) is 11.4 Å². The van der Waals surface area contributed by atoms with Gasteiger partial charge in [-0.3, -0.25) is 9.59 Å². The van der Waals surface area contributed by atoms with E-state index in [1.165, 1.54) is 12.8 Å². The topological polar surface area (TPSA) is 53.5 Å². The van der Waals surface area contributed by atoms with E-state index in [1.807, 2.05) is 9.80 Å². The lowest BCUT2D eigenvalue weighted by molar-refractivity contribution is 0.0710. The Morgan fingerprint density at radius 1 is 0.727 bits per heavy atom. The van der Waals surface area contributed by atoms with E-state index in [0.717, 1.165) is 51.9 Å². The molecule has 2 aliphatic heterocycles. The summed E-state index contributed by atoms with van der Waals surface area (Å²) in [7, 11) is 0. The standard InChI is InChI=1S/C17H23N3O2/c21-16(19-10-3-1-4-11-19)14-8-7-9-15(18-14)17(22)20-12-5-2-6-13-20/h7-9H,1-6,10-13H2. The molecule has 0 unspecified atom stereocenters. The number of nitrogens with zero attached hydrogens (tertiary/aromatic N) is 3. The molecule has 1 aromatic rings. The Labute approximate surface area is 131 Å². The zero-order valence-corrected chi connectivity index (χ0v) is 13.0. The van der Waals surface area contributed by atoms with Crippen molar-refractivity contribution in [2.75, 3.05) is 26.2 Å². The van der Waals surface area contributed by atoms with Crippen molar-refractivity contribution in [3.63, 3.8) is 0 Å². The molecule has 5 heteroatoms. The monoisotopic (exact) mass is 301 g/mol. The van der Waals surface area contributed by atoms with Gasteiger partial charge in [0.2, 0.25) is 0 Å². The van der Waals surface area contributed by atoms with Crippen molar-refractivity contribution in [1.29, 1.82) is 0 Å². The molecule has 0 aliphatic carbocycles. The zero-order chi connectivity index (χ0) is 15.4. The minimum Gasteiger partial charge on any atom is -0.337 e. The second-order valence-corrected chi connectivity index (χ2v) is 6.11. The minimum absolute atomic E-state index is 0.0482. The molecule has 118 valence electrons. The van der Waals surface area contributed by atoms with Gasteiger partial charge in [0.1, 0.15) is 11.4 Å². The van der Waals surface area contributed by atoms with Crippen LogP contribution >= 0.6 is 0 Å². The molecule has 1 aromatic heterocycles. The van der Waals surface area contributed by atoms with Gasteiger partial charge in [-0.1, -0.05) is 6.07 Å². The third kappa shape index (κ3) is 3.29. The fourth-order valence-corrected chi connectivity index (χ4v) is 3.19. The van der Waals surface area contributed by atoms with Crippen LogP contribution in [0.15, 0.2) is 18.2 Å². The van der Waals surface area contributed by atoms with Crippen LogP contribution in [-0.2, 0) is 0 Å². The average Bonchev–Trinajstić information content (AvgIpc) is 2.62. The molecule has 0 atom stereocenters. The summed E-state index contributed by atoms with van der Waals surface area (Å²) in [6.07, 6.45) is 6.59. The highest BCUT2D eigenvalue weighted by Gasteiger charge is 2.23. The third-order valence-electron chi connectivity index (χ3n) is 4.47. The Morgan fingerprint density at radius 2 is 1.14 bits per heavy atom. The van der Waals surface area contributed by atoms with E-state index in [1.54, 1.807) is 18.2 Å². The van der Waals surface area contributed by atoms with Crippen molar-refractivity contribution in [2.45, 2.75) is 38.5 Å². The van der Waals surface area contributed by atoms with Gasteiger partial charge < -0.3 is 9.80 Å². The number of hydrogen-bond acceptors (Lipinski definition) is 3. The molecule has 0 N–H and O–H groups in total. The Balaban J connectivity index is 1.73. The summed E-state index contributed by atoms with van der Waals surface area (Å²) < 4.78 is 0.